The Hall–Kier alpha value is -1.07. The van der Waals surface area contributed by atoms with Gasteiger partial charge in [-0.15, -0.1) is 0 Å². The summed E-state index contributed by atoms with van der Waals surface area (Å²) in [6, 6.07) is 1.93. The van der Waals surface area contributed by atoms with E-state index in [0.717, 1.165) is 30.5 Å². The average Bonchev–Trinajstić information content (AvgIpc) is 2.11. The third-order valence-corrected chi connectivity index (χ3v) is 1.64. The highest BCUT2D eigenvalue weighted by molar-refractivity contribution is 6.29. The van der Waals surface area contributed by atoms with Crippen LogP contribution in [-0.2, 0) is 0 Å². The quantitative estimate of drug-likeness (QED) is 0.409. The molecule has 70 valence electrons. The fourth-order valence-electron chi connectivity index (χ4n) is 0.813. The number of nitrogens with zero attached hydrogens (tertiary/aromatic N) is 1. The van der Waals surface area contributed by atoms with Gasteiger partial charge in [0.25, 0.3) is 0 Å². The average molecular weight is 197 g/mol. The Labute approximate surface area is 84.0 Å². The number of nitrogens with one attached hydrogen (secondary N) is 1. The van der Waals surface area contributed by atoms with Crippen LogP contribution in [0.3, 0.4) is 0 Å². The molecule has 0 spiro atoms. The number of unbranched alkanes of at least 4 members (excludes halogenated alkanes) is 2. The van der Waals surface area contributed by atoms with Crippen molar-refractivity contribution in [2.24, 2.45) is 0 Å². The fourth-order valence-corrected chi connectivity index (χ4v) is 0.922. The minimum atomic E-state index is 0.423. The van der Waals surface area contributed by atoms with E-state index in [1.54, 1.807) is 6.08 Å². The highest BCUT2D eigenvalue weighted by Gasteiger charge is 1.88. The Bertz CT molecular complexity index is 255. The van der Waals surface area contributed by atoms with Crippen LogP contribution in [0.25, 0.3) is 0 Å². The Morgan fingerprint density at radius 3 is 2.54 bits per heavy atom. The van der Waals surface area contributed by atoms with Gasteiger partial charge in [0, 0.05) is 11.2 Å². The Balaban J connectivity index is 3.68. The molecule has 0 amide bonds. The molecule has 0 unspecified atom stereocenters. The second-order valence-electron chi connectivity index (χ2n) is 2.64. The molecular formula is C10H13ClN2. The van der Waals surface area contributed by atoms with Crippen molar-refractivity contribution in [1.82, 2.24) is 0 Å². The molecule has 0 radical (unpaired) electrons. The van der Waals surface area contributed by atoms with Gasteiger partial charge in [-0.1, -0.05) is 23.8 Å². The van der Waals surface area contributed by atoms with Gasteiger partial charge in [-0.3, -0.25) is 0 Å². The molecule has 0 saturated carbocycles. The first-order chi connectivity index (χ1) is 6.20. The molecule has 3 heteroatoms. The van der Waals surface area contributed by atoms with Crippen LogP contribution in [0.15, 0.2) is 22.8 Å². The molecule has 0 aliphatic heterocycles. The van der Waals surface area contributed by atoms with Gasteiger partial charge in [-0.25, -0.2) is 0 Å². The lowest BCUT2D eigenvalue weighted by Crippen LogP contribution is -1.78. The molecule has 2 nitrogen and oxygen atoms in total. The van der Waals surface area contributed by atoms with E-state index in [-0.39, 0.29) is 0 Å². The number of nitriles is 1. The molecule has 1 N–H and O–H groups in total. The first-order valence-corrected chi connectivity index (χ1v) is 4.51. The largest absolute Gasteiger partial charge is 0.307 e. The van der Waals surface area contributed by atoms with Crippen molar-refractivity contribution in [2.75, 3.05) is 0 Å². The maximum atomic E-state index is 8.47. The zero-order chi connectivity index (χ0) is 10.1. The summed E-state index contributed by atoms with van der Waals surface area (Å²) in [6.45, 7) is 1.84. The molecule has 0 rings (SSSR count). The maximum absolute atomic E-state index is 8.47. The van der Waals surface area contributed by atoms with Crippen molar-refractivity contribution < 1.29 is 0 Å². The molecule has 0 aromatic heterocycles. The van der Waals surface area contributed by atoms with Crippen LogP contribution < -0.4 is 0 Å². The first kappa shape index (κ1) is 11.9. The second-order valence-corrected chi connectivity index (χ2v) is 3.23. The van der Waals surface area contributed by atoms with Crippen molar-refractivity contribution in [3.63, 3.8) is 0 Å². The normalized spacial score (nSPS) is 12.4. The van der Waals surface area contributed by atoms with Gasteiger partial charge in [0.2, 0.25) is 0 Å². The summed E-state index contributed by atoms with van der Waals surface area (Å²) in [7, 11) is 0. The summed E-state index contributed by atoms with van der Waals surface area (Å²) in [5.74, 6) is 0. The lowest BCUT2D eigenvalue weighted by Gasteiger charge is -1.91. The van der Waals surface area contributed by atoms with E-state index in [0.29, 0.717) is 5.57 Å². The highest BCUT2D eigenvalue weighted by atomic mass is 35.5. The predicted molar refractivity (Wildman–Crippen MR) is 55.9 cm³/mol. The third kappa shape index (κ3) is 7.30. The standard InChI is InChI=1S/C10H13ClN2/c1-9(11)5-3-2-4-6-10(7-12)8-13/h5-7,12H,2-4H2,1H3/b9-5-,10-6+,12-7?. The van der Waals surface area contributed by atoms with Crippen LogP contribution in [-0.4, -0.2) is 6.21 Å². The van der Waals surface area contributed by atoms with Crippen molar-refractivity contribution in [3.05, 3.63) is 22.8 Å². The van der Waals surface area contributed by atoms with E-state index < -0.39 is 0 Å². The lowest BCUT2D eigenvalue weighted by atomic mass is 10.2. The number of allylic oxidation sites excluding steroid dienone is 4. The number of hydrogen-bond acceptors (Lipinski definition) is 2. The summed E-state index contributed by atoms with van der Waals surface area (Å²) >= 11 is 5.63. The van der Waals surface area contributed by atoms with Gasteiger partial charge in [-0.05, 0) is 26.2 Å². The van der Waals surface area contributed by atoms with Gasteiger partial charge in [0.05, 0.1) is 5.57 Å². The Morgan fingerprint density at radius 1 is 1.46 bits per heavy atom. The highest BCUT2D eigenvalue weighted by Crippen LogP contribution is 2.05. The molecule has 0 heterocycles. The molecule has 0 bridgehead atoms. The van der Waals surface area contributed by atoms with Crippen LogP contribution in [0.2, 0.25) is 0 Å². The Kier molecular flexibility index (Phi) is 6.95. The minimum absolute atomic E-state index is 0.423. The van der Waals surface area contributed by atoms with Gasteiger partial charge < -0.3 is 5.41 Å². The number of rotatable bonds is 5. The third-order valence-electron chi connectivity index (χ3n) is 1.48. The molecule has 0 aliphatic rings. The first-order valence-electron chi connectivity index (χ1n) is 4.13. The molecule has 0 atom stereocenters. The summed E-state index contributed by atoms with van der Waals surface area (Å²) in [5, 5.41) is 16.1. The molecule has 0 aromatic rings. The van der Waals surface area contributed by atoms with E-state index in [4.69, 9.17) is 22.3 Å². The molecule has 0 aromatic carbocycles. The smallest absolute Gasteiger partial charge is 0.100 e. The molecule has 13 heavy (non-hydrogen) atoms. The van der Waals surface area contributed by atoms with Crippen LogP contribution in [0.5, 0.6) is 0 Å². The monoisotopic (exact) mass is 196 g/mol. The Morgan fingerprint density at radius 2 is 2.08 bits per heavy atom. The van der Waals surface area contributed by atoms with Crippen LogP contribution in [0, 0.1) is 16.7 Å². The minimum Gasteiger partial charge on any atom is -0.307 e. The van der Waals surface area contributed by atoms with E-state index >= 15 is 0 Å². The van der Waals surface area contributed by atoms with Crippen molar-refractivity contribution >= 4 is 17.8 Å². The lowest BCUT2D eigenvalue weighted by molar-refractivity contribution is 0.865. The summed E-state index contributed by atoms with van der Waals surface area (Å²) in [5.41, 5.74) is 0.423. The van der Waals surface area contributed by atoms with Crippen LogP contribution in [0.1, 0.15) is 26.2 Å². The molecular weight excluding hydrogens is 184 g/mol. The van der Waals surface area contributed by atoms with Gasteiger partial charge in [0.15, 0.2) is 0 Å². The maximum Gasteiger partial charge on any atom is 0.100 e. The van der Waals surface area contributed by atoms with E-state index in [2.05, 4.69) is 0 Å². The zero-order valence-electron chi connectivity index (χ0n) is 7.68. The van der Waals surface area contributed by atoms with Crippen molar-refractivity contribution in [2.45, 2.75) is 26.2 Å². The molecule has 0 aliphatic carbocycles. The van der Waals surface area contributed by atoms with E-state index in [1.165, 1.54) is 0 Å². The number of halogens is 1. The summed E-state index contributed by atoms with van der Waals surface area (Å²) < 4.78 is 0. The molecule has 0 fully saturated rings. The van der Waals surface area contributed by atoms with Crippen molar-refractivity contribution in [1.29, 1.82) is 10.7 Å². The summed E-state index contributed by atoms with van der Waals surface area (Å²) in [4.78, 5) is 0. The van der Waals surface area contributed by atoms with Crippen molar-refractivity contribution in [3.8, 4) is 6.07 Å². The second kappa shape index (κ2) is 7.57. The topological polar surface area (TPSA) is 47.6 Å². The zero-order valence-corrected chi connectivity index (χ0v) is 8.43. The fraction of sp³-hybridized carbons (Fsp3) is 0.400. The van der Waals surface area contributed by atoms with Crippen LogP contribution >= 0.6 is 11.6 Å². The SMILES string of the molecule is C/C(Cl)=C/CCC/C=C(/C#N)C=N. The van der Waals surface area contributed by atoms with Gasteiger partial charge in [0.1, 0.15) is 6.07 Å². The van der Waals surface area contributed by atoms with Crippen LogP contribution in [0.4, 0.5) is 0 Å². The molecule has 0 saturated heterocycles. The van der Waals surface area contributed by atoms with Gasteiger partial charge in [-0.2, -0.15) is 5.26 Å². The van der Waals surface area contributed by atoms with E-state index in [1.807, 2.05) is 19.1 Å². The summed E-state index contributed by atoms with van der Waals surface area (Å²) in [6.07, 6.45) is 7.49. The van der Waals surface area contributed by atoms with E-state index in [9.17, 15) is 0 Å². The number of hydrogen-bond donors (Lipinski definition) is 1. The predicted octanol–water partition coefficient (Wildman–Crippen LogP) is 3.40. The van der Waals surface area contributed by atoms with Gasteiger partial charge >= 0.3 is 0 Å².